The summed E-state index contributed by atoms with van der Waals surface area (Å²) in [7, 11) is 0. The Morgan fingerprint density at radius 1 is 1.07 bits per heavy atom. The van der Waals surface area contributed by atoms with Crippen LogP contribution in [0.15, 0.2) is 30.3 Å². The monoisotopic (exact) mass is 197 g/mol. The predicted octanol–water partition coefficient (Wildman–Crippen LogP) is 3.12. The van der Waals surface area contributed by atoms with Crippen LogP contribution < -0.4 is 5.32 Å². The molecule has 0 unspecified atom stereocenters. The third-order valence-corrected chi connectivity index (χ3v) is 2.13. The van der Waals surface area contributed by atoms with Crippen LogP contribution in [0, 0.1) is 0 Å². The maximum Gasteiger partial charge on any atom is 0.0205 e. The molecular formula is C12H20FN. The van der Waals surface area contributed by atoms with Crippen LogP contribution in [-0.4, -0.2) is 6.54 Å². The van der Waals surface area contributed by atoms with Gasteiger partial charge in [-0.1, -0.05) is 50.1 Å². The van der Waals surface area contributed by atoms with Crippen molar-refractivity contribution in [3.05, 3.63) is 35.9 Å². The summed E-state index contributed by atoms with van der Waals surface area (Å²) in [5.74, 6) is 0. The summed E-state index contributed by atoms with van der Waals surface area (Å²) in [5.41, 5.74) is 1.37. The number of nitrogens with one attached hydrogen (secondary N) is 1. The van der Waals surface area contributed by atoms with Crippen molar-refractivity contribution in [2.75, 3.05) is 6.54 Å². The van der Waals surface area contributed by atoms with Crippen LogP contribution >= 0.6 is 0 Å². The van der Waals surface area contributed by atoms with E-state index < -0.39 is 0 Å². The normalized spacial score (nSPS) is 9.50. The third kappa shape index (κ3) is 5.70. The first-order valence-electron chi connectivity index (χ1n) is 5.18. The van der Waals surface area contributed by atoms with Crippen molar-refractivity contribution in [2.45, 2.75) is 32.7 Å². The first kappa shape index (κ1) is 13.1. The van der Waals surface area contributed by atoms with Crippen molar-refractivity contribution >= 4 is 0 Å². The lowest BCUT2D eigenvalue weighted by molar-refractivity contribution is 0.617. The number of hydrogen-bond acceptors (Lipinski definition) is 1. The fourth-order valence-electron chi connectivity index (χ4n) is 1.33. The van der Waals surface area contributed by atoms with E-state index in [0.29, 0.717) is 0 Å². The summed E-state index contributed by atoms with van der Waals surface area (Å²) in [4.78, 5) is 0. The van der Waals surface area contributed by atoms with E-state index in [1.165, 1.54) is 24.8 Å². The Bertz CT molecular complexity index is 211. The van der Waals surface area contributed by atoms with Gasteiger partial charge in [-0.25, -0.2) is 0 Å². The van der Waals surface area contributed by atoms with Gasteiger partial charge in [0.2, 0.25) is 0 Å². The van der Waals surface area contributed by atoms with Crippen molar-refractivity contribution in [3.8, 4) is 0 Å². The van der Waals surface area contributed by atoms with Gasteiger partial charge in [0, 0.05) is 6.54 Å². The minimum Gasteiger partial charge on any atom is -0.313 e. The summed E-state index contributed by atoms with van der Waals surface area (Å²) in [6, 6.07) is 10.5. The maximum atomic E-state index is 3.44. The molecule has 0 radical (unpaired) electrons. The number of benzene rings is 1. The van der Waals surface area contributed by atoms with E-state index in [1.54, 1.807) is 0 Å². The molecule has 0 bridgehead atoms. The van der Waals surface area contributed by atoms with Crippen molar-refractivity contribution < 1.29 is 4.70 Å². The molecule has 80 valence electrons. The summed E-state index contributed by atoms with van der Waals surface area (Å²) in [5, 5.41) is 3.44. The van der Waals surface area contributed by atoms with Gasteiger partial charge in [-0.15, -0.1) is 0 Å². The van der Waals surface area contributed by atoms with Crippen molar-refractivity contribution in [2.24, 2.45) is 0 Å². The van der Waals surface area contributed by atoms with E-state index >= 15 is 0 Å². The lowest BCUT2D eigenvalue weighted by Gasteiger charge is -2.03. The molecule has 1 aromatic rings. The Labute approximate surface area is 85.9 Å². The van der Waals surface area contributed by atoms with Crippen LogP contribution in [0.3, 0.4) is 0 Å². The Hall–Kier alpha value is -0.890. The van der Waals surface area contributed by atoms with Gasteiger partial charge >= 0.3 is 0 Å². The minimum absolute atomic E-state index is 0. The Balaban J connectivity index is 0.00000169. The van der Waals surface area contributed by atoms with Crippen LogP contribution in [0.25, 0.3) is 0 Å². The molecule has 2 heteroatoms. The quantitative estimate of drug-likeness (QED) is 0.691. The van der Waals surface area contributed by atoms with Crippen molar-refractivity contribution in [3.63, 3.8) is 0 Å². The molecule has 1 aromatic carbocycles. The topological polar surface area (TPSA) is 12.0 Å². The highest BCUT2D eigenvalue weighted by atomic mass is 19.0. The lowest BCUT2D eigenvalue weighted by Crippen LogP contribution is -2.14. The second-order valence-corrected chi connectivity index (χ2v) is 3.37. The minimum atomic E-state index is 0. The molecule has 1 nitrogen and oxygen atoms in total. The zero-order valence-electron chi connectivity index (χ0n) is 8.83. The Morgan fingerprint density at radius 3 is 2.43 bits per heavy atom. The van der Waals surface area contributed by atoms with E-state index in [0.717, 1.165) is 13.1 Å². The average Bonchev–Trinajstić information content (AvgIpc) is 2.19. The summed E-state index contributed by atoms with van der Waals surface area (Å²) in [6.45, 7) is 4.38. The SMILES string of the molecule is CCCCCNCc1ccccc1.F. The van der Waals surface area contributed by atoms with Crippen LogP contribution in [0.2, 0.25) is 0 Å². The maximum absolute atomic E-state index is 3.44. The number of rotatable bonds is 6. The molecule has 0 saturated heterocycles. The molecule has 0 aliphatic carbocycles. The predicted molar refractivity (Wildman–Crippen MR) is 60.2 cm³/mol. The molecule has 0 aliphatic heterocycles. The average molecular weight is 197 g/mol. The number of unbranched alkanes of at least 4 members (excludes halogenated alkanes) is 2. The zero-order valence-corrected chi connectivity index (χ0v) is 8.83. The molecular weight excluding hydrogens is 177 g/mol. The van der Waals surface area contributed by atoms with E-state index in [2.05, 4.69) is 42.6 Å². The summed E-state index contributed by atoms with van der Waals surface area (Å²) < 4.78 is 0. The lowest BCUT2D eigenvalue weighted by atomic mass is 10.2. The van der Waals surface area contributed by atoms with Crippen molar-refractivity contribution in [1.29, 1.82) is 0 Å². The van der Waals surface area contributed by atoms with Gasteiger partial charge in [0.15, 0.2) is 0 Å². The first-order valence-corrected chi connectivity index (χ1v) is 5.18. The molecule has 0 atom stereocenters. The van der Waals surface area contributed by atoms with Gasteiger partial charge in [0.25, 0.3) is 0 Å². The van der Waals surface area contributed by atoms with Crippen LogP contribution in [-0.2, 0) is 6.54 Å². The molecule has 0 amide bonds. The molecule has 1 N–H and O–H groups in total. The number of hydrogen-bond donors (Lipinski definition) is 1. The van der Waals surface area contributed by atoms with Gasteiger partial charge in [-0.2, -0.15) is 0 Å². The standard InChI is InChI=1S/C12H19N.FH/c1-2-3-7-10-13-11-12-8-5-4-6-9-12;/h4-6,8-9,13H,2-3,7,10-11H2,1H3;1H. The van der Waals surface area contributed by atoms with Gasteiger partial charge in [0.1, 0.15) is 0 Å². The van der Waals surface area contributed by atoms with Gasteiger partial charge < -0.3 is 5.32 Å². The highest BCUT2D eigenvalue weighted by Gasteiger charge is 1.89. The fraction of sp³-hybridized carbons (Fsp3) is 0.500. The molecule has 14 heavy (non-hydrogen) atoms. The largest absolute Gasteiger partial charge is 0.313 e. The second-order valence-electron chi connectivity index (χ2n) is 3.37. The highest BCUT2D eigenvalue weighted by Crippen LogP contribution is 1.97. The first-order chi connectivity index (χ1) is 6.43. The molecule has 0 aliphatic rings. The van der Waals surface area contributed by atoms with Gasteiger partial charge in [-0.05, 0) is 18.5 Å². The van der Waals surface area contributed by atoms with E-state index in [4.69, 9.17) is 0 Å². The zero-order chi connectivity index (χ0) is 9.36. The molecule has 0 spiro atoms. The van der Waals surface area contributed by atoms with Gasteiger partial charge in [-0.3, -0.25) is 4.70 Å². The fourth-order valence-corrected chi connectivity index (χ4v) is 1.33. The summed E-state index contributed by atoms with van der Waals surface area (Å²) in [6.07, 6.45) is 3.93. The van der Waals surface area contributed by atoms with E-state index in [-0.39, 0.29) is 4.70 Å². The van der Waals surface area contributed by atoms with E-state index in [9.17, 15) is 0 Å². The van der Waals surface area contributed by atoms with Gasteiger partial charge in [0.05, 0.1) is 0 Å². The van der Waals surface area contributed by atoms with Crippen molar-refractivity contribution in [1.82, 2.24) is 5.32 Å². The molecule has 0 saturated carbocycles. The molecule has 1 rings (SSSR count). The Kier molecular flexibility index (Phi) is 8.14. The second kappa shape index (κ2) is 8.70. The number of halogens is 1. The van der Waals surface area contributed by atoms with E-state index in [1.807, 2.05) is 0 Å². The van der Waals surface area contributed by atoms with Crippen LogP contribution in [0.5, 0.6) is 0 Å². The molecule has 0 heterocycles. The Morgan fingerprint density at radius 2 is 1.79 bits per heavy atom. The van der Waals surface area contributed by atoms with Crippen LogP contribution in [0.1, 0.15) is 31.7 Å². The van der Waals surface area contributed by atoms with Crippen LogP contribution in [0.4, 0.5) is 4.70 Å². The molecule has 0 fully saturated rings. The smallest absolute Gasteiger partial charge is 0.0205 e. The highest BCUT2D eigenvalue weighted by molar-refractivity contribution is 5.14. The third-order valence-electron chi connectivity index (χ3n) is 2.13. The molecule has 0 aromatic heterocycles. The summed E-state index contributed by atoms with van der Waals surface area (Å²) >= 11 is 0.